The topological polar surface area (TPSA) is 111 Å². The second-order valence-corrected chi connectivity index (χ2v) is 17.8. The van der Waals surface area contributed by atoms with Crippen molar-refractivity contribution in [2.75, 3.05) is 47.5 Å². The molecular weight excluding hydrogens is 750 g/mol. The maximum absolute atomic E-state index is 12.7. The Morgan fingerprint density at radius 2 is 0.931 bits per heavy atom. The number of ether oxygens (including phenoxy) is 2. The molecule has 0 aromatic heterocycles. The molecule has 0 radical (unpaired) electrons. The third kappa shape index (κ3) is 43.3. The van der Waals surface area contributed by atoms with Crippen molar-refractivity contribution < 1.29 is 42.1 Å². The molecule has 1 unspecified atom stereocenters. The highest BCUT2D eigenvalue weighted by Crippen LogP contribution is 2.38. The van der Waals surface area contributed by atoms with Crippen LogP contribution in [-0.4, -0.2) is 70.0 Å². The third-order valence-electron chi connectivity index (χ3n) is 9.51. The summed E-state index contributed by atoms with van der Waals surface area (Å²) in [6, 6.07) is 0. The van der Waals surface area contributed by atoms with E-state index in [1.54, 1.807) is 0 Å². The highest BCUT2D eigenvalue weighted by Gasteiger charge is 2.21. The highest BCUT2D eigenvalue weighted by molar-refractivity contribution is 7.45. The number of carbonyl (C=O) groups excluding carboxylic acids is 2. The molecule has 58 heavy (non-hydrogen) atoms. The summed E-state index contributed by atoms with van der Waals surface area (Å²) in [7, 11) is 1.14. The Labute approximate surface area is 356 Å². The summed E-state index contributed by atoms with van der Waals surface area (Å²) in [6.45, 7) is 4.14. The van der Waals surface area contributed by atoms with Gasteiger partial charge in [-0.05, 0) is 83.5 Å². The summed E-state index contributed by atoms with van der Waals surface area (Å²) in [4.78, 5) is 37.6. The first-order chi connectivity index (χ1) is 28.0. The molecule has 0 spiro atoms. The average molecular weight is 836 g/mol. The molecular formula is C48H86NO8P. The largest absolute Gasteiger partial charge is 0.756 e. The van der Waals surface area contributed by atoms with Crippen LogP contribution >= 0.6 is 7.82 Å². The number of quaternary nitrogens is 1. The van der Waals surface area contributed by atoms with Crippen LogP contribution in [0.4, 0.5) is 0 Å². The normalized spacial score (nSPS) is 14.1. The van der Waals surface area contributed by atoms with Gasteiger partial charge in [0.15, 0.2) is 6.10 Å². The van der Waals surface area contributed by atoms with E-state index in [4.69, 9.17) is 18.5 Å². The molecule has 0 rings (SSSR count). The fraction of sp³-hybridized carbons (Fsp3) is 0.750. The Kier molecular flexibility index (Phi) is 38.5. The fourth-order valence-corrected chi connectivity index (χ4v) is 6.60. The fourth-order valence-electron chi connectivity index (χ4n) is 5.87. The van der Waals surface area contributed by atoms with Gasteiger partial charge in [0.2, 0.25) is 0 Å². The van der Waals surface area contributed by atoms with Gasteiger partial charge in [-0.1, -0.05) is 145 Å². The molecule has 0 aromatic carbocycles. The summed E-state index contributed by atoms with van der Waals surface area (Å²) in [5.74, 6) is -0.878. The molecule has 0 heterocycles. The number of unbranched alkanes of at least 4 members (excludes halogenated alkanes) is 17. The summed E-state index contributed by atoms with van der Waals surface area (Å²) >= 11 is 0. The van der Waals surface area contributed by atoms with E-state index < -0.39 is 32.5 Å². The van der Waals surface area contributed by atoms with Crippen molar-refractivity contribution in [2.45, 2.75) is 187 Å². The predicted molar refractivity (Wildman–Crippen MR) is 240 cm³/mol. The number of nitrogens with zero attached hydrogens (tertiary/aromatic N) is 1. The van der Waals surface area contributed by atoms with Crippen LogP contribution in [0.5, 0.6) is 0 Å². The minimum atomic E-state index is -4.64. The van der Waals surface area contributed by atoms with Crippen molar-refractivity contribution >= 4 is 19.8 Å². The maximum atomic E-state index is 12.7. The molecule has 0 fully saturated rings. The number of carbonyl (C=O) groups is 2. The average Bonchev–Trinajstić information content (AvgIpc) is 3.17. The first-order valence-corrected chi connectivity index (χ1v) is 24.5. The van der Waals surface area contributed by atoms with Crippen LogP contribution < -0.4 is 4.89 Å². The van der Waals surface area contributed by atoms with E-state index in [0.29, 0.717) is 23.9 Å². The quantitative estimate of drug-likeness (QED) is 0.0197. The number of phosphoric acid groups is 1. The van der Waals surface area contributed by atoms with Crippen molar-refractivity contribution in [3.63, 3.8) is 0 Å². The zero-order valence-electron chi connectivity index (χ0n) is 37.7. The van der Waals surface area contributed by atoms with E-state index in [0.717, 1.165) is 64.2 Å². The molecule has 0 aliphatic heterocycles. The van der Waals surface area contributed by atoms with Gasteiger partial charge in [0, 0.05) is 12.8 Å². The van der Waals surface area contributed by atoms with Crippen LogP contribution in [-0.2, 0) is 32.7 Å². The van der Waals surface area contributed by atoms with E-state index in [-0.39, 0.29) is 26.1 Å². The SMILES string of the molecule is CCCCC/C=C/C/C=C/C/C=C/C/C=C/CCCCCC(=O)OC[C@H](COP(=O)([O-])OCC[N+](C)(C)C)OC(=O)CCCCCCCCC/C=C/CCCCCC. The number of hydrogen-bond acceptors (Lipinski definition) is 8. The van der Waals surface area contributed by atoms with Crippen molar-refractivity contribution in [3.05, 3.63) is 60.8 Å². The molecule has 0 amide bonds. The molecule has 2 atom stereocenters. The van der Waals surface area contributed by atoms with Crippen molar-refractivity contribution in [2.24, 2.45) is 0 Å². The minimum Gasteiger partial charge on any atom is -0.756 e. The first kappa shape index (κ1) is 55.7. The molecule has 9 nitrogen and oxygen atoms in total. The second-order valence-electron chi connectivity index (χ2n) is 16.4. The highest BCUT2D eigenvalue weighted by atomic mass is 31.2. The van der Waals surface area contributed by atoms with Crippen LogP contribution in [0.2, 0.25) is 0 Å². The van der Waals surface area contributed by atoms with Gasteiger partial charge in [-0.25, -0.2) is 0 Å². The Hall–Kier alpha value is -2.29. The lowest BCUT2D eigenvalue weighted by Crippen LogP contribution is -2.37. The van der Waals surface area contributed by atoms with Gasteiger partial charge < -0.3 is 27.9 Å². The van der Waals surface area contributed by atoms with Crippen molar-refractivity contribution in [3.8, 4) is 0 Å². The van der Waals surface area contributed by atoms with Crippen LogP contribution in [0.1, 0.15) is 181 Å². The number of hydrogen-bond donors (Lipinski definition) is 0. The minimum absolute atomic E-state index is 0.0393. The second kappa shape index (κ2) is 40.1. The molecule has 0 saturated heterocycles. The van der Waals surface area contributed by atoms with Crippen molar-refractivity contribution in [1.82, 2.24) is 0 Å². The molecule has 0 aromatic rings. The monoisotopic (exact) mass is 836 g/mol. The van der Waals surface area contributed by atoms with Gasteiger partial charge in [-0.15, -0.1) is 0 Å². The number of rotatable bonds is 41. The maximum Gasteiger partial charge on any atom is 0.306 e. The summed E-state index contributed by atoms with van der Waals surface area (Å²) in [6.07, 6.45) is 48.1. The number of likely N-dealkylation sites (N-methyl/N-ethyl adjacent to an activating group) is 1. The lowest BCUT2D eigenvalue weighted by atomic mass is 10.1. The Morgan fingerprint density at radius 1 is 0.534 bits per heavy atom. The summed E-state index contributed by atoms with van der Waals surface area (Å²) < 4.78 is 33.9. The van der Waals surface area contributed by atoms with Crippen LogP contribution in [0, 0.1) is 0 Å². The molecule has 336 valence electrons. The zero-order valence-corrected chi connectivity index (χ0v) is 38.6. The molecule has 0 N–H and O–H groups in total. The summed E-state index contributed by atoms with van der Waals surface area (Å²) in [5, 5.41) is 0. The molecule has 10 heteroatoms. The first-order valence-electron chi connectivity index (χ1n) is 23.0. The molecule has 0 aliphatic rings. The third-order valence-corrected chi connectivity index (χ3v) is 10.5. The van der Waals surface area contributed by atoms with E-state index in [2.05, 4.69) is 74.6 Å². The lowest BCUT2D eigenvalue weighted by Gasteiger charge is -2.28. The van der Waals surface area contributed by atoms with Gasteiger partial charge >= 0.3 is 11.9 Å². The zero-order chi connectivity index (χ0) is 42.8. The van der Waals surface area contributed by atoms with Crippen LogP contribution in [0.3, 0.4) is 0 Å². The van der Waals surface area contributed by atoms with Crippen molar-refractivity contribution in [1.29, 1.82) is 0 Å². The predicted octanol–water partition coefficient (Wildman–Crippen LogP) is 12.6. The van der Waals surface area contributed by atoms with E-state index in [9.17, 15) is 19.0 Å². The van der Waals surface area contributed by atoms with Gasteiger partial charge in [0.05, 0.1) is 27.7 Å². The standard InChI is InChI=1S/C48H86NO8P/c1-6-8-10-12-14-16-18-20-22-23-24-25-27-28-30-32-34-36-38-40-47(50)54-44-46(45-56-58(52,53)55-43-42-49(3,4)5)57-48(51)41-39-37-35-33-31-29-26-21-19-17-15-13-11-9-7-2/h14,16-17,19-20,22,24-25,28,30,46H,6-13,15,18,21,23,26-27,29,31-45H2,1-5H3/b16-14+,19-17+,22-20+,25-24+,30-28+/t46-/m1/s1. The number of esters is 2. The van der Waals surface area contributed by atoms with Gasteiger partial charge in [0.25, 0.3) is 7.82 Å². The molecule has 0 bridgehead atoms. The van der Waals surface area contributed by atoms with Crippen LogP contribution in [0.25, 0.3) is 0 Å². The number of allylic oxidation sites excluding steroid dienone is 10. The lowest BCUT2D eigenvalue weighted by molar-refractivity contribution is -0.870. The van der Waals surface area contributed by atoms with Gasteiger partial charge in [-0.3, -0.25) is 14.2 Å². The van der Waals surface area contributed by atoms with Gasteiger partial charge in [0.1, 0.15) is 19.8 Å². The van der Waals surface area contributed by atoms with E-state index >= 15 is 0 Å². The van der Waals surface area contributed by atoms with Gasteiger partial charge in [-0.2, -0.15) is 0 Å². The summed E-state index contributed by atoms with van der Waals surface area (Å²) in [5.41, 5.74) is 0. The Morgan fingerprint density at radius 3 is 1.45 bits per heavy atom. The van der Waals surface area contributed by atoms with E-state index in [1.165, 1.54) is 77.0 Å². The smallest absolute Gasteiger partial charge is 0.306 e. The van der Waals surface area contributed by atoms with Crippen LogP contribution in [0.15, 0.2) is 60.8 Å². The Bertz CT molecular complexity index is 1170. The number of phosphoric ester groups is 1. The molecule has 0 aliphatic carbocycles. The Balaban J connectivity index is 4.41. The molecule has 0 saturated carbocycles. The van der Waals surface area contributed by atoms with E-state index in [1.807, 2.05) is 21.1 Å².